The van der Waals surface area contributed by atoms with E-state index >= 15 is 0 Å². The van der Waals surface area contributed by atoms with Crippen LogP contribution in [0.15, 0.2) is 90.0 Å². The Labute approximate surface area is 297 Å². The van der Waals surface area contributed by atoms with Gasteiger partial charge >= 0.3 is 5.97 Å². The number of fused-ring (bicyclic) bond motifs is 2. The third-order valence-corrected chi connectivity index (χ3v) is 10.4. The first-order valence-electron chi connectivity index (χ1n) is 16.9. The van der Waals surface area contributed by atoms with Gasteiger partial charge < -0.3 is 19.1 Å². The molecule has 3 aromatic carbocycles. The van der Waals surface area contributed by atoms with Gasteiger partial charge in [-0.05, 0) is 54.8 Å². The standard InChI is InChI=1S/C40H43N5O4S/c1-7-40(8-2,38(46)47)22-35-37(50-39(3,4)5)30-21-29(49-25-28-23-41-32-11-9-10-12-33(32)42-28)17-19-34(30)45(35)24-26-13-15-27(16-14-26)31-18-20-36(48-6)44-43-31/h9-21,23H,7-8,22,24-25H2,1-6H3,(H,46,47). The van der Waals surface area contributed by atoms with Crippen LogP contribution in [-0.2, 0) is 24.4 Å². The first-order valence-corrected chi connectivity index (χ1v) is 17.7. The van der Waals surface area contributed by atoms with Crippen molar-refractivity contribution in [3.63, 3.8) is 0 Å². The lowest BCUT2D eigenvalue weighted by Crippen LogP contribution is -2.33. The summed E-state index contributed by atoms with van der Waals surface area (Å²) in [5, 5.41) is 20.0. The van der Waals surface area contributed by atoms with Crippen molar-refractivity contribution < 1.29 is 19.4 Å². The van der Waals surface area contributed by atoms with E-state index < -0.39 is 11.4 Å². The third kappa shape index (κ3) is 7.45. The highest BCUT2D eigenvalue weighted by Gasteiger charge is 2.38. The predicted octanol–water partition coefficient (Wildman–Crippen LogP) is 9.00. The zero-order chi connectivity index (χ0) is 35.5. The van der Waals surface area contributed by atoms with Crippen molar-refractivity contribution in [1.82, 2.24) is 24.7 Å². The van der Waals surface area contributed by atoms with Crippen LogP contribution in [0.25, 0.3) is 33.2 Å². The number of carboxylic acid groups (broad SMARTS) is 1. The molecule has 0 fully saturated rings. The number of benzene rings is 3. The number of ether oxygens (including phenoxy) is 2. The summed E-state index contributed by atoms with van der Waals surface area (Å²) >= 11 is 1.77. The number of carboxylic acids is 1. The molecule has 0 saturated carbocycles. The largest absolute Gasteiger partial charge is 0.487 e. The number of hydrogen-bond acceptors (Lipinski definition) is 8. The van der Waals surface area contributed by atoms with Gasteiger partial charge in [-0.15, -0.1) is 22.0 Å². The van der Waals surface area contributed by atoms with Crippen LogP contribution in [0, 0.1) is 5.41 Å². The van der Waals surface area contributed by atoms with E-state index in [1.807, 2.05) is 62.4 Å². The molecule has 3 aromatic heterocycles. The smallest absolute Gasteiger partial charge is 0.310 e. The Hall–Kier alpha value is -4.96. The van der Waals surface area contributed by atoms with Crippen molar-refractivity contribution in [2.75, 3.05) is 7.11 Å². The molecule has 0 aliphatic heterocycles. The van der Waals surface area contributed by atoms with Crippen molar-refractivity contribution in [3.8, 4) is 22.9 Å². The number of nitrogens with zero attached hydrogens (tertiary/aromatic N) is 5. The van der Waals surface area contributed by atoms with Crippen LogP contribution in [0.5, 0.6) is 11.6 Å². The molecule has 3 heterocycles. The van der Waals surface area contributed by atoms with Gasteiger partial charge in [0, 0.05) is 50.8 Å². The number of aliphatic carboxylic acids is 1. The number of carbonyl (C=O) groups is 1. The highest BCUT2D eigenvalue weighted by molar-refractivity contribution is 8.00. The van der Waals surface area contributed by atoms with Gasteiger partial charge in [-0.25, -0.2) is 4.98 Å². The SMILES string of the molecule is CCC(CC)(Cc1c(SC(C)(C)C)c2cc(OCc3cnc4ccccc4n3)ccc2n1Cc1ccc(-c2ccc(OC)nn2)cc1)C(=O)O. The minimum atomic E-state index is -0.899. The summed E-state index contributed by atoms with van der Waals surface area (Å²) < 4.78 is 13.7. The van der Waals surface area contributed by atoms with E-state index in [9.17, 15) is 9.90 Å². The van der Waals surface area contributed by atoms with E-state index in [4.69, 9.17) is 14.5 Å². The Morgan fingerprint density at radius 3 is 2.30 bits per heavy atom. The van der Waals surface area contributed by atoms with Gasteiger partial charge in [0.1, 0.15) is 12.4 Å². The average molecular weight is 690 g/mol. The van der Waals surface area contributed by atoms with Crippen LogP contribution in [0.1, 0.15) is 64.4 Å². The molecule has 6 rings (SSSR count). The van der Waals surface area contributed by atoms with E-state index in [0.29, 0.717) is 37.4 Å². The second-order valence-corrected chi connectivity index (χ2v) is 15.4. The maximum atomic E-state index is 12.9. The van der Waals surface area contributed by atoms with Crippen molar-refractivity contribution in [2.24, 2.45) is 5.41 Å². The second kappa shape index (κ2) is 14.5. The third-order valence-electron chi connectivity index (χ3n) is 9.14. The lowest BCUT2D eigenvalue weighted by atomic mass is 9.78. The fraction of sp³-hybridized carbons (Fsp3) is 0.325. The summed E-state index contributed by atoms with van der Waals surface area (Å²) in [6.07, 6.45) is 3.21. The Kier molecular flexibility index (Phi) is 10.1. The minimum Gasteiger partial charge on any atom is -0.487 e. The van der Waals surface area contributed by atoms with Crippen molar-refractivity contribution in [2.45, 2.75) is 76.7 Å². The number of aromatic nitrogens is 5. The van der Waals surface area contributed by atoms with E-state index in [1.165, 1.54) is 0 Å². The molecule has 10 heteroatoms. The second-order valence-electron chi connectivity index (χ2n) is 13.5. The van der Waals surface area contributed by atoms with Crippen LogP contribution in [0.4, 0.5) is 0 Å². The highest BCUT2D eigenvalue weighted by Crippen LogP contribution is 2.45. The maximum absolute atomic E-state index is 12.9. The first kappa shape index (κ1) is 34.9. The molecular weight excluding hydrogens is 647 g/mol. The van der Waals surface area contributed by atoms with E-state index in [2.05, 4.69) is 64.8 Å². The van der Waals surface area contributed by atoms with Crippen LogP contribution >= 0.6 is 11.8 Å². The first-order chi connectivity index (χ1) is 24.0. The van der Waals surface area contributed by atoms with Crippen LogP contribution in [0.2, 0.25) is 0 Å². The minimum absolute atomic E-state index is 0.128. The van der Waals surface area contributed by atoms with Gasteiger partial charge in [0.25, 0.3) is 0 Å². The summed E-state index contributed by atoms with van der Waals surface area (Å²) in [4.78, 5) is 23.2. The van der Waals surface area contributed by atoms with Gasteiger partial charge in [0.05, 0.1) is 41.1 Å². The molecule has 9 nitrogen and oxygen atoms in total. The Bertz CT molecular complexity index is 2120. The van der Waals surface area contributed by atoms with E-state index in [1.54, 1.807) is 31.1 Å². The maximum Gasteiger partial charge on any atom is 0.310 e. The fourth-order valence-electron chi connectivity index (χ4n) is 6.19. The Balaban J connectivity index is 1.41. The van der Waals surface area contributed by atoms with Crippen LogP contribution in [-0.4, -0.2) is 47.7 Å². The fourth-order valence-corrected chi connectivity index (χ4v) is 7.38. The average Bonchev–Trinajstić information content (AvgIpc) is 3.38. The quantitative estimate of drug-likeness (QED) is 0.119. The summed E-state index contributed by atoms with van der Waals surface area (Å²) in [6.45, 7) is 11.4. The van der Waals surface area contributed by atoms with Crippen molar-refractivity contribution >= 4 is 39.7 Å². The molecule has 50 heavy (non-hydrogen) atoms. The molecule has 0 saturated heterocycles. The molecule has 0 radical (unpaired) electrons. The zero-order valence-electron chi connectivity index (χ0n) is 29.4. The molecule has 258 valence electrons. The van der Waals surface area contributed by atoms with Gasteiger partial charge in [0.15, 0.2) is 0 Å². The highest BCUT2D eigenvalue weighted by atomic mass is 32.2. The number of hydrogen-bond donors (Lipinski definition) is 1. The van der Waals surface area contributed by atoms with Crippen LogP contribution < -0.4 is 9.47 Å². The summed E-state index contributed by atoms with van der Waals surface area (Å²) in [5.41, 5.74) is 6.36. The lowest BCUT2D eigenvalue weighted by molar-refractivity contribution is -0.149. The molecular formula is C40H43N5O4S. The topological polar surface area (TPSA) is 112 Å². The monoisotopic (exact) mass is 689 g/mol. The molecule has 0 aliphatic carbocycles. The Morgan fingerprint density at radius 2 is 1.66 bits per heavy atom. The van der Waals surface area contributed by atoms with Crippen LogP contribution in [0.3, 0.4) is 0 Å². The number of thioether (sulfide) groups is 1. The molecule has 0 atom stereocenters. The van der Waals surface area contributed by atoms with Gasteiger partial charge in [-0.3, -0.25) is 9.78 Å². The van der Waals surface area contributed by atoms with Gasteiger partial charge in [0.2, 0.25) is 5.88 Å². The predicted molar refractivity (Wildman–Crippen MR) is 199 cm³/mol. The molecule has 0 bridgehead atoms. The molecule has 0 unspecified atom stereocenters. The molecule has 1 N–H and O–H groups in total. The van der Waals surface area contributed by atoms with Crippen molar-refractivity contribution in [3.05, 3.63) is 102 Å². The molecule has 0 spiro atoms. The lowest BCUT2D eigenvalue weighted by Gasteiger charge is -2.29. The van der Waals surface area contributed by atoms with Crippen molar-refractivity contribution in [1.29, 1.82) is 0 Å². The van der Waals surface area contributed by atoms with Gasteiger partial charge in [-0.1, -0.05) is 71.0 Å². The number of para-hydroxylation sites is 2. The normalized spacial score (nSPS) is 12.0. The molecule has 6 aromatic rings. The van der Waals surface area contributed by atoms with E-state index in [0.717, 1.165) is 55.0 Å². The number of methoxy groups -OCH3 is 1. The molecule has 0 aliphatic rings. The van der Waals surface area contributed by atoms with Gasteiger partial charge in [-0.2, -0.15) is 0 Å². The summed E-state index contributed by atoms with van der Waals surface area (Å²) in [7, 11) is 1.57. The zero-order valence-corrected chi connectivity index (χ0v) is 30.3. The number of rotatable bonds is 13. The van der Waals surface area contributed by atoms with E-state index in [-0.39, 0.29) is 11.4 Å². The molecule has 0 amide bonds. The Morgan fingerprint density at radius 1 is 0.920 bits per heavy atom. The summed E-state index contributed by atoms with van der Waals surface area (Å²) in [6, 6.07) is 25.9. The summed E-state index contributed by atoms with van der Waals surface area (Å²) in [5.74, 6) is 0.415.